The van der Waals surface area contributed by atoms with E-state index in [-0.39, 0.29) is 35.7 Å². The van der Waals surface area contributed by atoms with Crippen LogP contribution in [0.3, 0.4) is 0 Å². The van der Waals surface area contributed by atoms with Crippen LogP contribution in [0.5, 0.6) is 5.75 Å². The van der Waals surface area contributed by atoms with Gasteiger partial charge >= 0.3 is 0 Å². The topological polar surface area (TPSA) is 105 Å². The predicted octanol–water partition coefficient (Wildman–Crippen LogP) is 3.76. The number of piperidine rings is 1. The molecule has 0 unspecified atom stereocenters. The van der Waals surface area contributed by atoms with E-state index in [1.807, 2.05) is 39.0 Å². The molecule has 34 heavy (non-hydrogen) atoms. The number of rotatable bonds is 5. The van der Waals surface area contributed by atoms with Gasteiger partial charge in [-0.2, -0.15) is 4.31 Å². The number of nitrogens with zero attached hydrogens (tertiary/aromatic N) is 1. The van der Waals surface area contributed by atoms with E-state index in [4.69, 9.17) is 4.74 Å². The van der Waals surface area contributed by atoms with Crippen LogP contribution in [0.15, 0.2) is 35.2 Å². The Kier molecular flexibility index (Phi) is 6.69. The van der Waals surface area contributed by atoms with Crippen molar-refractivity contribution >= 4 is 33.2 Å². The van der Waals surface area contributed by atoms with Gasteiger partial charge in [-0.3, -0.25) is 9.59 Å². The molecule has 0 bridgehead atoms. The van der Waals surface area contributed by atoms with Gasteiger partial charge in [-0.25, -0.2) is 8.42 Å². The molecule has 2 amide bonds. The summed E-state index contributed by atoms with van der Waals surface area (Å²) in [5.41, 5.74) is 3.93. The Morgan fingerprint density at radius 3 is 2.35 bits per heavy atom. The number of ether oxygens (including phenoxy) is 1. The van der Waals surface area contributed by atoms with Gasteiger partial charge < -0.3 is 15.4 Å². The lowest BCUT2D eigenvalue weighted by atomic mass is 9.97. The number of benzene rings is 2. The molecular formula is C25H31N3O5S. The maximum Gasteiger partial charge on any atom is 0.265 e. The molecule has 8 nitrogen and oxygen atoms in total. The van der Waals surface area contributed by atoms with E-state index in [0.29, 0.717) is 36.3 Å². The molecular weight excluding hydrogens is 454 g/mol. The summed E-state index contributed by atoms with van der Waals surface area (Å²) < 4.78 is 34.0. The Hall–Kier alpha value is -2.91. The number of carbonyl (C=O) groups is 2. The maximum atomic E-state index is 13.4. The van der Waals surface area contributed by atoms with Crippen molar-refractivity contribution in [1.82, 2.24) is 4.31 Å². The van der Waals surface area contributed by atoms with Crippen molar-refractivity contribution in [1.29, 1.82) is 0 Å². The van der Waals surface area contributed by atoms with E-state index in [0.717, 1.165) is 16.8 Å². The number of sulfonamides is 1. The highest BCUT2D eigenvalue weighted by molar-refractivity contribution is 7.89. The van der Waals surface area contributed by atoms with Crippen LogP contribution in [-0.2, 0) is 19.6 Å². The number of hydrogen-bond acceptors (Lipinski definition) is 5. The van der Waals surface area contributed by atoms with Crippen LogP contribution in [0.25, 0.3) is 0 Å². The fourth-order valence-electron chi connectivity index (χ4n) is 4.62. The zero-order valence-electron chi connectivity index (χ0n) is 20.0. The second-order valence-corrected chi connectivity index (χ2v) is 11.1. The minimum atomic E-state index is -3.77. The van der Waals surface area contributed by atoms with Gasteiger partial charge in [-0.15, -0.1) is 0 Å². The summed E-state index contributed by atoms with van der Waals surface area (Å²) in [7, 11) is -3.77. The molecule has 0 saturated carbocycles. The second kappa shape index (κ2) is 9.38. The quantitative estimate of drug-likeness (QED) is 0.671. The van der Waals surface area contributed by atoms with Crippen molar-refractivity contribution in [3.63, 3.8) is 0 Å². The number of fused-ring (bicyclic) bond motifs is 1. The minimum absolute atomic E-state index is 0.0817. The van der Waals surface area contributed by atoms with Crippen molar-refractivity contribution < 1.29 is 22.7 Å². The highest BCUT2D eigenvalue weighted by Gasteiger charge is 2.35. The molecule has 4 rings (SSSR count). The summed E-state index contributed by atoms with van der Waals surface area (Å²) in [5, 5.41) is 5.77. The third-order valence-electron chi connectivity index (χ3n) is 6.40. The molecule has 2 heterocycles. The Morgan fingerprint density at radius 1 is 1.09 bits per heavy atom. The molecule has 2 aromatic carbocycles. The van der Waals surface area contributed by atoms with Gasteiger partial charge in [0, 0.05) is 30.8 Å². The van der Waals surface area contributed by atoms with E-state index in [9.17, 15) is 18.0 Å². The van der Waals surface area contributed by atoms with Crippen LogP contribution in [0.2, 0.25) is 0 Å². The smallest absolute Gasteiger partial charge is 0.265 e. The standard InChI is InChI=1S/C25H31N3O5S/c1-5-21-25(30)27-20-13-17(4)23(14-22(20)33-21)34(31,32)28-8-6-18(7-9-28)24(29)26-19-11-15(2)10-16(3)12-19/h10-14,18,21H,5-9H2,1-4H3,(H,26,29)(H,27,30)/t21-/m1/s1. The molecule has 2 aromatic rings. The van der Waals surface area contributed by atoms with Gasteiger partial charge in [0.25, 0.3) is 5.91 Å². The zero-order chi connectivity index (χ0) is 24.6. The summed E-state index contributed by atoms with van der Waals surface area (Å²) in [6, 6.07) is 9.04. The van der Waals surface area contributed by atoms with E-state index in [1.54, 1.807) is 13.0 Å². The molecule has 182 valence electrons. The molecule has 2 aliphatic heterocycles. The third kappa shape index (κ3) is 4.81. The van der Waals surface area contributed by atoms with Crippen molar-refractivity contribution in [3.05, 3.63) is 47.0 Å². The van der Waals surface area contributed by atoms with Gasteiger partial charge in [0.2, 0.25) is 15.9 Å². The lowest BCUT2D eigenvalue weighted by molar-refractivity contribution is -0.123. The number of aryl methyl sites for hydroxylation is 3. The van der Waals surface area contributed by atoms with Gasteiger partial charge in [0.05, 0.1) is 10.6 Å². The highest BCUT2D eigenvalue weighted by atomic mass is 32.2. The molecule has 0 radical (unpaired) electrons. The SMILES string of the molecule is CC[C@H]1Oc2cc(S(=O)(=O)N3CCC(C(=O)Nc4cc(C)cc(C)c4)CC3)c(C)cc2NC1=O. The van der Waals surface area contributed by atoms with E-state index >= 15 is 0 Å². The van der Waals surface area contributed by atoms with Gasteiger partial charge in [0.1, 0.15) is 5.75 Å². The van der Waals surface area contributed by atoms with E-state index in [2.05, 4.69) is 10.6 Å². The third-order valence-corrected chi connectivity index (χ3v) is 8.44. The van der Waals surface area contributed by atoms with Crippen LogP contribution >= 0.6 is 0 Å². The Balaban J connectivity index is 1.46. The van der Waals surface area contributed by atoms with Crippen LogP contribution in [0.4, 0.5) is 11.4 Å². The lowest BCUT2D eigenvalue weighted by Crippen LogP contribution is -2.41. The molecule has 0 aliphatic carbocycles. The highest BCUT2D eigenvalue weighted by Crippen LogP contribution is 2.36. The maximum absolute atomic E-state index is 13.4. The zero-order valence-corrected chi connectivity index (χ0v) is 20.8. The van der Waals surface area contributed by atoms with Gasteiger partial charge in [-0.1, -0.05) is 13.0 Å². The monoisotopic (exact) mass is 485 g/mol. The fraction of sp³-hybridized carbons (Fsp3) is 0.440. The number of carbonyl (C=O) groups excluding carboxylic acids is 2. The van der Waals surface area contributed by atoms with Crippen LogP contribution in [-0.4, -0.2) is 43.7 Å². The minimum Gasteiger partial charge on any atom is -0.478 e. The van der Waals surface area contributed by atoms with Crippen LogP contribution < -0.4 is 15.4 Å². The summed E-state index contributed by atoms with van der Waals surface area (Å²) in [5.74, 6) is -0.202. The van der Waals surface area contributed by atoms with Gasteiger partial charge in [-0.05, 0) is 74.9 Å². The normalized spacial score (nSPS) is 19.2. The van der Waals surface area contributed by atoms with Crippen molar-refractivity contribution in [2.75, 3.05) is 23.7 Å². The van der Waals surface area contributed by atoms with Crippen molar-refractivity contribution in [3.8, 4) is 5.75 Å². The Morgan fingerprint density at radius 2 is 1.74 bits per heavy atom. The Labute approximate surface area is 200 Å². The lowest BCUT2D eigenvalue weighted by Gasteiger charge is -2.32. The first kappa shape index (κ1) is 24.2. The predicted molar refractivity (Wildman–Crippen MR) is 131 cm³/mol. The number of nitrogens with one attached hydrogen (secondary N) is 2. The first-order valence-corrected chi connectivity index (χ1v) is 13.0. The molecule has 9 heteroatoms. The first-order chi connectivity index (χ1) is 16.1. The molecule has 1 fully saturated rings. The Bertz CT molecular complexity index is 1210. The molecule has 0 spiro atoms. The summed E-state index contributed by atoms with van der Waals surface area (Å²) >= 11 is 0. The molecule has 1 saturated heterocycles. The largest absolute Gasteiger partial charge is 0.478 e. The fourth-order valence-corrected chi connectivity index (χ4v) is 6.31. The van der Waals surface area contributed by atoms with Crippen molar-refractivity contribution in [2.24, 2.45) is 5.92 Å². The summed E-state index contributed by atoms with van der Waals surface area (Å²) in [6.07, 6.45) is 0.741. The van der Waals surface area contributed by atoms with Crippen LogP contribution in [0.1, 0.15) is 42.9 Å². The number of amides is 2. The molecule has 0 aromatic heterocycles. The molecule has 2 N–H and O–H groups in total. The average Bonchev–Trinajstić information content (AvgIpc) is 2.77. The average molecular weight is 486 g/mol. The van der Waals surface area contributed by atoms with Crippen LogP contribution in [0, 0.1) is 26.7 Å². The molecule has 1 atom stereocenters. The number of anilines is 2. The van der Waals surface area contributed by atoms with Gasteiger partial charge in [0.15, 0.2) is 6.10 Å². The van der Waals surface area contributed by atoms with E-state index < -0.39 is 16.1 Å². The van der Waals surface area contributed by atoms with E-state index in [1.165, 1.54) is 10.4 Å². The number of hydrogen-bond donors (Lipinski definition) is 2. The summed E-state index contributed by atoms with van der Waals surface area (Å²) in [6.45, 7) is 8.03. The molecule has 2 aliphatic rings. The first-order valence-electron chi connectivity index (χ1n) is 11.6. The van der Waals surface area contributed by atoms with Crippen molar-refractivity contribution in [2.45, 2.75) is 58.0 Å². The second-order valence-electron chi connectivity index (χ2n) is 9.16. The summed E-state index contributed by atoms with van der Waals surface area (Å²) in [4.78, 5) is 25.0.